The van der Waals surface area contributed by atoms with Gasteiger partial charge in [0, 0.05) is 25.5 Å². The molecule has 3 amide bonds. The van der Waals surface area contributed by atoms with Crippen molar-refractivity contribution in [3.63, 3.8) is 0 Å². The van der Waals surface area contributed by atoms with E-state index in [0.717, 1.165) is 29.5 Å². The average Bonchev–Trinajstić information content (AvgIpc) is 3.70. The number of carboxylic acids is 1. The van der Waals surface area contributed by atoms with Crippen molar-refractivity contribution in [1.82, 2.24) is 10.2 Å². The molecule has 4 aromatic carbocycles. The van der Waals surface area contributed by atoms with E-state index in [-0.39, 0.29) is 24.1 Å². The lowest BCUT2D eigenvalue weighted by Crippen LogP contribution is -2.50. The summed E-state index contributed by atoms with van der Waals surface area (Å²) < 4.78 is 0. The molecule has 6 rings (SSSR count). The number of amides is 3. The third-order valence-corrected chi connectivity index (χ3v) is 9.58. The van der Waals surface area contributed by atoms with Crippen LogP contribution in [0.2, 0.25) is 0 Å². The van der Waals surface area contributed by atoms with Gasteiger partial charge in [0.2, 0.25) is 11.8 Å². The summed E-state index contributed by atoms with van der Waals surface area (Å²) in [6, 6.07) is 34.1. The first-order chi connectivity index (χ1) is 22.8. The minimum absolute atomic E-state index is 0.0818. The fourth-order valence-corrected chi connectivity index (χ4v) is 7.22. The van der Waals surface area contributed by atoms with E-state index in [4.69, 9.17) is 0 Å². The van der Waals surface area contributed by atoms with Crippen molar-refractivity contribution in [3.05, 3.63) is 138 Å². The molecule has 1 saturated carbocycles. The lowest BCUT2D eigenvalue weighted by molar-refractivity contribution is -0.142. The highest BCUT2D eigenvalue weighted by molar-refractivity contribution is 6.03. The Morgan fingerprint density at radius 2 is 1.38 bits per heavy atom. The molecule has 0 radical (unpaired) electrons. The molecule has 1 aliphatic carbocycles. The van der Waals surface area contributed by atoms with Crippen molar-refractivity contribution in [2.45, 2.75) is 69.1 Å². The number of hydrogen-bond donors (Lipinski definition) is 2. The molecule has 1 unspecified atom stereocenters. The quantitative estimate of drug-likeness (QED) is 0.230. The zero-order chi connectivity index (χ0) is 33.0. The van der Waals surface area contributed by atoms with E-state index in [1.165, 1.54) is 6.92 Å². The van der Waals surface area contributed by atoms with Crippen molar-refractivity contribution < 1.29 is 24.3 Å². The third kappa shape index (κ3) is 6.41. The number of carboxylic acid groups (broad SMARTS) is 1. The van der Waals surface area contributed by atoms with Gasteiger partial charge in [-0.15, -0.1) is 0 Å². The minimum atomic E-state index is -1.12. The largest absolute Gasteiger partial charge is 0.480 e. The standard InChI is InChI=1S/C39H39N3O5/c1-27(43)41-34(26-28-13-5-2-6-14-28)36(44)42(35(41)30-15-7-3-8-16-30)32-21-19-29(20-22-32)25-33(37(45)46)40-38(47)39(23-11-12-24-39)31-17-9-4-10-18-31/h2-10,13-22,33-35H,11-12,23-26H2,1H3,(H,40,47)(H,45,46)/t33-,34+,35?/m0/s1. The van der Waals surface area contributed by atoms with Crippen LogP contribution < -0.4 is 10.2 Å². The fourth-order valence-electron chi connectivity index (χ4n) is 7.22. The summed E-state index contributed by atoms with van der Waals surface area (Å²) in [7, 11) is 0. The van der Waals surface area contributed by atoms with E-state index < -0.39 is 29.6 Å². The average molecular weight is 630 g/mol. The summed E-state index contributed by atoms with van der Waals surface area (Å²) >= 11 is 0. The van der Waals surface area contributed by atoms with Gasteiger partial charge in [0.25, 0.3) is 5.91 Å². The molecule has 8 nitrogen and oxygen atoms in total. The Bertz CT molecular complexity index is 1720. The molecule has 0 aromatic heterocycles. The van der Waals surface area contributed by atoms with Crippen LogP contribution in [0.4, 0.5) is 5.69 Å². The molecule has 1 aliphatic heterocycles. The molecular formula is C39H39N3O5. The first kappa shape index (κ1) is 31.7. The lowest BCUT2D eigenvalue weighted by Gasteiger charge is -2.31. The number of carbonyl (C=O) groups is 4. The summed E-state index contributed by atoms with van der Waals surface area (Å²) in [5.74, 6) is -1.76. The number of nitrogens with one attached hydrogen (secondary N) is 1. The van der Waals surface area contributed by atoms with Gasteiger partial charge in [-0.3, -0.25) is 19.3 Å². The first-order valence-corrected chi connectivity index (χ1v) is 16.2. The predicted octanol–water partition coefficient (Wildman–Crippen LogP) is 5.82. The highest BCUT2D eigenvalue weighted by atomic mass is 16.4. The zero-order valence-corrected chi connectivity index (χ0v) is 26.4. The molecule has 8 heteroatoms. The monoisotopic (exact) mass is 629 g/mol. The highest BCUT2D eigenvalue weighted by Gasteiger charge is 2.49. The predicted molar refractivity (Wildman–Crippen MR) is 179 cm³/mol. The van der Waals surface area contributed by atoms with Crippen molar-refractivity contribution >= 4 is 29.4 Å². The van der Waals surface area contributed by atoms with Crippen molar-refractivity contribution in [3.8, 4) is 0 Å². The number of rotatable bonds is 10. The van der Waals surface area contributed by atoms with Crippen molar-refractivity contribution in [1.29, 1.82) is 0 Å². The van der Waals surface area contributed by atoms with Crippen LogP contribution in [0.15, 0.2) is 115 Å². The topological polar surface area (TPSA) is 107 Å². The molecule has 1 saturated heterocycles. The normalized spacial score (nSPS) is 19.4. The second kappa shape index (κ2) is 13.6. The number of anilines is 1. The molecular weight excluding hydrogens is 590 g/mol. The number of benzene rings is 4. The zero-order valence-electron chi connectivity index (χ0n) is 26.4. The molecule has 1 heterocycles. The highest BCUT2D eigenvalue weighted by Crippen LogP contribution is 2.42. The van der Waals surface area contributed by atoms with E-state index in [1.54, 1.807) is 34.1 Å². The van der Waals surface area contributed by atoms with E-state index >= 15 is 0 Å². The summed E-state index contributed by atoms with van der Waals surface area (Å²) in [6.45, 7) is 1.49. The maximum atomic E-state index is 14.2. The minimum Gasteiger partial charge on any atom is -0.480 e. The van der Waals surface area contributed by atoms with Gasteiger partial charge in [0.15, 0.2) is 0 Å². The summed E-state index contributed by atoms with van der Waals surface area (Å²) in [5, 5.41) is 13.0. The molecule has 47 heavy (non-hydrogen) atoms. The number of nitrogens with zero attached hydrogens (tertiary/aromatic N) is 2. The smallest absolute Gasteiger partial charge is 0.326 e. The van der Waals surface area contributed by atoms with E-state index in [2.05, 4.69) is 5.32 Å². The Morgan fingerprint density at radius 1 is 0.809 bits per heavy atom. The van der Waals surface area contributed by atoms with Gasteiger partial charge in [0.1, 0.15) is 18.2 Å². The Hall–Kier alpha value is -5.24. The van der Waals surface area contributed by atoms with Crippen molar-refractivity contribution in [2.75, 3.05) is 4.90 Å². The summed E-state index contributed by atoms with van der Waals surface area (Å²) in [5.41, 5.74) is 3.24. The van der Waals surface area contributed by atoms with Gasteiger partial charge in [-0.25, -0.2) is 4.79 Å². The third-order valence-electron chi connectivity index (χ3n) is 9.58. The molecule has 0 bridgehead atoms. The van der Waals surface area contributed by atoms with Crippen LogP contribution in [0.1, 0.15) is 61.0 Å². The van der Waals surface area contributed by atoms with Crippen LogP contribution in [0, 0.1) is 0 Å². The molecule has 2 fully saturated rings. The Labute approximate surface area is 275 Å². The van der Waals surface area contributed by atoms with Gasteiger partial charge >= 0.3 is 5.97 Å². The summed E-state index contributed by atoms with van der Waals surface area (Å²) in [4.78, 5) is 56.7. The second-order valence-electron chi connectivity index (χ2n) is 12.5. The molecule has 240 valence electrons. The van der Waals surface area contributed by atoms with Gasteiger partial charge < -0.3 is 15.3 Å². The Balaban J connectivity index is 1.26. The molecule has 2 N–H and O–H groups in total. The van der Waals surface area contributed by atoms with Crippen LogP contribution in [0.25, 0.3) is 0 Å². The second-order valence-corrected chi connectivity index (χ2v) is 12.5. The maximum absolute atomic E-state index is 14.2. The number of aliphatic carboxylic acids is 1. The van der Waals surface area contributed by atoms with E-state index in [1.807, 2.05) is 91.0 Å². The number of carbonyl (C=O) groups excluding carboxylic acids is 3. The Morgan fingerprint density at radius 3 is 1.96 bits per heavy atom. The molecule has 4 aromatic rings. The van der Waals surface area contributed by atoms with Crippen LogP contribution in [0.3, 0.4) is 0 Å². The summed E-state index contributed by atoms with van der Waals surface area (Å²) in [6.07, 6.45) is 2.99. The van der Waals surface area contributed by atoms with Crippen LogP contribution >= 0.6 is 0 Å². The maximum Gasteiger partial charge on any atom is 0.326 e. The molecule has 0 spiro atoms. The van der Waals surface area contributed by atoms with Crippen LogP contribution in [0.5, 0.6) is 0 Å². The van der Waals surface area contributed by atoms with Crippen LogP contribution in [-0.4, -0.2) is 45.8 Å². The lowest BCUT2D eigenvalue weighted by atomic mass is 9.77. The molecule has 3 atom stereocenters. The van der Waals surface area contributed by atoms with Gasteiger partial charge in [0.05, 0.1) is 5.41 Å². The van der Waals surface area contributed by atoms with E-state index in [0.29, 0.717) is 30.5 Å². The van der Waals surface area contributed by atoms with Crippen molar-refractivity contribution in [2.24, 2.45) is 0 Å². The van der Waals surface area contributed by atoms with Crippen LogP contribution in [-0.2, 0) is 37.4 Å². The van der Waals surface area contributed by atoms with Gasteiger partial charge in [-0.2, -0.15) is 0 Å². The first-order valence-electron chi connectivity index (χ1n) is 16.2. The SMILES string of the molecule is CC(=O)N1C(c2ccccc2)N(c2ccc(C[C@H](NC(=O)C3(c4ccccc4)CCCC3)C(=O)O)cc2)C(=O)[C@H]1Cc1ccccc1. The van der Waals surface area contributed by atoms with Gasteiger partial charge in [-0.05, 0) is 47.2 Å². The van der Waals surface area contributed by atoms with Gasteiger partial charge in [-0.1, -0.05) is 116 Å². The fraction of sp³-hybridized carbons (Fsp3) is 0.282. The molecule has 2 aliphatic rings. The van der Waals surface area contributed by atoms with E-state index in [9.17, 15) is 24.3 Å². The number of hydrogen-bond acceptors (Lipinski definition) is 4. The Kier molecular flexibility index (Phi) is 9.20.